The van der Waals surface area contributed by atoms with Crippen LogP contribution in [0, 0.1) is 5.92 Å². The number of hydrogen-bond acceptors (Lipinski definition) is 5. The summed E-state index contributed by atoms with van der Waals surface area (Å²) in [6, 6.07) is 7.34. The van der Waals surface area contributed by atoms with Gasteiger partial charge in [0, 0.05) is 17.8 Å². The molecule has 0 aliphatic rings. The fraction of sp³-hybridized carbons (Fsp3) is 0.222. The van der Waals surface area contributed by atoms with Gasteiger partial charge in [-0.3, -0.25) is 14.0 Å². The maximum atomic E-state index is 12.7. The summed E-state index contributed by atoms with van der Waals surface area (Å²) in [6.45, 7) is 3.98. The van der Waals surface area contributed by atoms with Crippen molar-refractivity contribution < 1.29 is 4.79 Å². The molecule has 0 bridgehead atoms. The van der Waals surface area contributed by atoms with Gasteiger partial charge in [0.05, 0.1) is 17.1 Å². The van der Waals surface area contributed by atoms with Gasteiger partial charge in [-0.2, -0.15) is 0 Å². The Labute approximate surface area is 152 Å². The number of rotatable bonds is 4. The largest absolute Gasteiger partial charge is 0.342 e. The van der Waals surface area contributed by atoms with E-state index in [0.29, 0.717) is 10.8 Å². The highest BCUT2D eigenvalue weighted by Gasteiger charge is 2.24. The first-order valence-corrected chi connectivity index (χ1v) is 9.13. The number of carbonyl (C=O) groups is 1. The van der Waals surface area contributed by atoms with Gasteiger partial charge in [0.15, 0.2) is 4.96 Å². The van der Waals surface area contributed by atoms with Crippen molar-refractivity contribution in [1.29, 1.82) is 0 Å². The third-order valence-electron chi connectivity index (χ3n) is 4.24. The van der Waals surface area contributed by atoms with Gasteiger partial charge in [-0.25, -0.2) is 9.97 Å². The molecule has 2 N–H and O–H groups in total. The van der Waals surface area contributed by atoms with Crippen LogP contribution >= 0.6 is 11.3 Å². The molecule has 0 spiro atoms. The van der Waals surface area contributed by atoms with E-state index in [-0.39, 0.29) is 23.1 Å². The molecular formula is C18H17N5O2S. The lowest BCUT2D eigenvalue weighted by atomic mass is 10.0. The quantitative estimate of drug-likeness (QED) is 0.580. The molecule has 3 aromatic heterocycles. The smallest absolute Gasteiger partial charge is 0.271 e. The van der Waals surface area contributed by atoms with Crippen molar-refractivity contribution in [3.8, 4) is 0 Å². The fourth-order valence-corrected chi connectivity index (χ4v) is 3.55. The highest BCUT2D eigenvalue weighted by atomic mass is 32.1. The molecular weight excluding hydrogens is 350 g/mol. The Hall–Kier alpha value is -3.00. The number of aromatic amines is 1. The zero-order valence-electron chi connectivity index (χ0n) is 14.3. The van der Waals surface area contributed by atoms with Crippen molar-refractivity contribution >= 4 is 33.2 Å². The number of nitrogens with one attached hydrogen (secondary N) is 2. The van der Waals surface area contributed by atoms with E-state index in [1.807, 2.05) is 38.1 Å². The molecule has 4 aromatic rings. The van der Waals surface area contributed by atoms with Crippen molar-refractivity contribution in [3.05, 3.63) is 63.8 Å². The first kappa shape index (κ1) is 16.5. The van der Waals surface area contributed by atoms with Crippen LogP contribution in [0.4, 0.5) is 0 Å². The van der Waals surface area contributed by atoms with E-state index < -0.39 is 5.91 Å². The van der Waals surface area contributed by atoms with Crippen LogP contribution in [0.15, 0.2) is 46.8 Å². The van der Waals surface area contributed by atoms with Gasteiger partial charge in [-0.05, 0) is 18.1 Å². The molecule has 26 heavy (non-hydrogen) atoms. The molecule has 8 heteroatoms. The first-order valence-electron chi connectivity index (χ1n) is 8.25. The van der Waals surface area contributed by atoms with Gasteiger partial charge < -0.3 is 10.3 Å². The third-order valence-corrected chi connectivity index (χ3v) is 5.01. The van der Waals surface area contributed by atoms with Crippen LogP contribution in [-0.4, -0.2) is 25.3 Å². The second kappa shape index (κ2) is 6.38. The maximum Gasteiger partial charge on any atom is 0.271 e. The Kier molecular flexibility index (Phi) is 4.04. The van der Waals surface area contributed by atoms with Gasteiger partial charge in [-0.1, -0.05) is 26.0 Å². The van der Waals surface area contributed by atoms with E-state index in [4.69, 9.17) is 0 Å². The Morgan fingerprint density at radius 2 is 2.12 bits per heavy atom. The molecule has 3 heterocycles. The van der Waals surface area contributed by atoms with Gasteiger partial charge in [0.1, 0.15) is 11.4 Å². The predicted molar refractivity (Wildman–Crippen MR) is 100 cm³/mol. The summed E-state index contributed by atoms with van der Waals surface area (Å²) in [5, 5.41) is 4.69. The lowest BCUT2D eigenvalue weighted by Gasteiger charge is -2.20. The Morgan fingerprint density at radius 3 is 2.88 bits per heavy atom. The minimum atomic E-state index is -0.456. The minimum absolute atomic E-state index is 0.0164. The molecule has 0 saturated carbocycles. The SMILES string of the molecule is CC(C)[C@H](NC(=O)c1cnc2sccn2c1=O)c1nc2ccccc2[nH]1. The summed E-state index contributed by atoms with van der Waals surface area (Å²) in [7, 11) is 0. The predicted octanol–water partition coefficient (Wildman–Crippen LogP) is 2.76. The number of H-pyrrole nitrogens is 1. The molecule has 1 amide bonds. The second-order valence-corrected chi connectivity index (χ2v) is 7.24. The van der Waals surface area contributed by atoms with E-state index in [1.165, 1.54) is 21.9 Å². The molecule has 0 fully saturated rings. The topological polar surface area (TPSA) is 92.2 Å². The van der Waals surface area contributed by atoms with Crippen molar-refractivity contribution in [1.82, 2.24) is 24.7 Å². The molecule has 0 aliphatic carbocycles. The monoisotopic (exact) mass is 367 g/mol. The van der Waals surface area contributed by atoms with Crippen molar-refractivity contribution in [2.75, 3.05) is 0 Å². The normalized spacial score (nSPS) is 12.7. The van der Waals surface area contributed by atoms with Gasteiger partial charge in [-0.15, -0.1) is 11.3 Å². The number of nitrogens with zero attached hydrogens (tertiary/aromatic N) is 3. The average molecular weight is 367 g/mol. The molecule has 7 nitrogen and oxygen atoms in total. The van der Waals surface area contributed by atoms with Crippen molar-refractivity contribution in [2.45, 2.75) is 19.9 Å². The van der Waals surface area contributed by atoms with E-state index in [2.05, 4.69) is 20.3 Å². The number of carbonyl (C=O) groups excluding carboxylic acids is 1. The molecule has 0 aliphatic heterocycles. The lowest BCUT2D eigenvalue weighted by Crippen LogP contribution is -2.36. The minimum Gasteiger partial charge on any atom is -0.342 e. The number of amides is 1. The van der Waals surface area contributed by atoms with Crippen LogP contribution < -0.4 is 10.9 Å². The highest BCUT2D eigenvalue weighted by molar-refractivity contribution is 7.15. The number of aromatic nitrogens is 4. The highest BCUT2D eigenvalue weighted by Crippen LogP contribution is 2.22. The summed E-state index contributed by atoms with van der Waals surface area (Å²) in [5.41, 5.74) is 1.39. The average Bonchev–Trinajstić information content (AvgIpc) is 3.26. The van der Waals surface area contributed by atoms with Gasteiger partial charge >= 0.3 is 0 Å². The van der Waals surface area contributed by atoms with E-state index in [0.717, 1.165) is 11.0 Å². The molecule has 1 atom stereocenters. The van der Waals surface area contributed by atoms with E-state index in [1.54, 1.807) is 11.6 Å². The summed E-state index contributed by atoms with van der Waals surface area (Å²) < 4.78 is 1.38. The van der Waals surface area contributed by atoms with Crippen molar-refractivity contribution in [2.24, 2.45) is 5.92 Å². The van der Waals surface area contributed by atoms with E-state index >= 15 is 0 Å². The maximum absolute atomic E-state index is 12.7. The van der Waals surface area contributed by atoms with Crippen LogP contribution in [0.25, 0.3) is 16.0 Å². The van der Waals surface area contributed by atoms with Crippen LogP contribution in [0.5, 0.6) is 0 Å². The van der Waals surface area contributed by atoms with Crippen LogP contribution in [-0.2, 0) is 0 Å². The summed E-state index contributed by atoms with van der Waals surface area (Å²) in [5.74, 6) is 0.293. The fourth-order valence-electron chi connectivity index (χ4n) is 2.87. The number of benzene rings is 1. The number of hydrogen-bond donors (Lipinski definition) is 2. The number of para-hydroxylation sites is 2. The zero-order chi connectivity index (χ0) is 18.3. The van der Waals surface area contributed by atoms with Gasteiger partial charge in [0.25, 0.3) is 11.5 Å². The Balaban J connectivity index is 1.68. The van der Waals surface area contributed by atoms with Crippen LogP contribution in [0.1, 0.15) is 36.1 Å². The zero-order valence-corrected chi connectivity index (χ0v) is 15.1. The molecule has 1 aromatic carbocycles. The van der Waals surface area contributed by atoms with Gasteiger partial charge in [0.2, 0.25) is 0 Å². The molecule has 4 rings (SSSR count). The molecule has 0 unspecified atom stereocenters. The first-order chi connectivity index (χ1) is 12.5. The van der Waals surface area contributed by atoms with Crippen LogP contribution in [0.3, 0.4) is 0 Å². The Bertz CT molecular complexity index is 1120. The summed E-state index contributed by atoms with van der Waals surface area (Å²) in [4.78, 5) is 37.8. The van der Waals surface area contributed by atoms with Crippen LogP contribution in [0.2, 0.25) is 0 Å². The van der Waals surface area contributed by atoms with E-state index in [9.17, 15) is 9.59 Å². The second-order valence-electron chi connectivity index (χ2n) is 6.37. The van der Waals surface area contributed by atoms with Crippen molar-refractivity contribution in [3.63, 3.8) is 0 Å². The number of fused-ring (bicyclic) bond motifs is 2. The molecule has 0 radical (unpaired) electrons. The third kappa shape index (κ3) is 2.78. The summed E-state index contributed by atoms with van der Waals surface area (Å²) in [6.07, 6.45) is 2.95. The summed E-state index contributed by atoms with van der Waals surface area (Å²) >= 11 is 1.35. The molecule has 0 saturated heterocycles. The standard InChI is InChI=1S/C18H17N5O2S/c1-10(2)14(15-20-12-5-3-4-6-13(12)21-15)22-16(24)11-9-19-18-23(17(11)25)7-8-26-18/h3-10,14H,1-2H3,(H,20,21)(H,22,24)/t14-/m0/s1. The lowest BCUT2D eigenvalue weighted by molar-refractivity contribution is 0.0921. The number of imidazole rings is 1. The number of thiazole rings is 1. The molecule has 132 valence electrons. The Morgan fingerprint density at radius 1 is 1.31 bits per heavy atom.